The van der Waals surface area contributed by atoms with Gasteiger partial charge in [-0.05, 0) is 64.0 Å². The molecule has 1 heterocycles. The van der Waals surface area contributed by atoms with Gasteiger partial charge in [0, 0.05) is 18.3 Å². The fraction of sp³-hybridized carbons (Fsp3) is 0.812. The van der Waals surface area contributed by atoms with E-state index in [9.17, 15) is 0 Å². The molecule has 3 heteroatoms. The van der Waals surface area contributed by atoms with Gasteiger partial charge in [-0.15, -0.1) is 0 Å². The molecule has 1 aliphatic rings. The highest BCUT2D eigenvalue weighted by molar-refractivity contribution is 5.06. The number of rotatable bonds is 5. The summed E-state index contributed by atoms with van der Waals surface area (Å²) in [6, 6.07) is 2.88. The van der Waals surface area contributed by atoms with Gasteiger partial charge in [-0.3, -0.25) is 4.68 Å². The summed E-state index contributed by atoms with van der Waals surface area (Å²) in [6.45, 7) is 11.1. The summed E-state index contributed by atoms with van der Waals surface area (Å²) in [7, 11) is 0. The van der Waals surface area contributed by atoms with Crippen LogP contribution in [-0.2, 0) is 6.54 Å². The molecule has 1 N–H and O–H groups in total. The van der Waals surface area contributed by atoms with Crippen molar-refractivity contribution in [3.8, 4) is 0 Å². The summed E-state index contributed by atoms with van der Waals surface area (Å²) in [5.74, 6) is 1.75. The first-order chi connectivity index (χ1) is 9.06. The van der Waals surface area contributed by atoms with Crippen LogP contribution in [0.4, 0.5) is 0 Å². The molecule has 2 rings (SSSR count). The smallest absolute Gasteiger partial charge is 0.0596 e. The first-order valence-electron chi connectivity index (χ1n) is 7.80. The minimum absolute atomic E-state index is 0.733. The van der Waals surface area contributed by atoms with Gasteiger partial charge >= 0.3 is 0 Å². The Balaban J connectivity index is 1.68. The summed E-state index contributed by atoms with van der Waals surface area (Å²) < 4.78 is 2.13. The quantitative estimate of drug-likeness (QED) is 0.826. The van der Waals surface area contributed by atoms with Crippen molar-refractivity contribution >= 4 is 0 Å². The van der Waals surface area contributed by atoms with Gasteiger partial charge in [0.05, 0.1) is 5.69 Å². The van der Waals surface area contributed by atoms with Crippen LogP contribution in [-0.4, -0.2) is 22.4 Å². The van der Waals surface area contributed by atoms with E-state index >= 15 is 0 Å². The van der Waals surface area contributed by atoms with Crippen molar-refractivity contribution < 1.29 is 0 Å². The minimum atomic E-state index is 0.733. The summed E-state index contributed by atoms with van der Waals surface area (Å²) in [5.41, 5.74) is 2.40. The monoisotopic (exact) mass is 263 g/mol. The molecular weight excluding hydrogens is 234 g/mol. The fourth-order valence-electron chi connectivity index (χ4n) is 3.39. The molecule has 0 amide bonds. The van der Waals surface area contributed by atoms with Crippen molar-refractivity contribution in [2.45, 2.75) is 66.0 Å². The lowest BCUT2D eigenvalue weighted by atomic mass is 9.80. The third-order valence-corrected chi connectivity index (χ3v) is 4.49. The van der Waals surface area contributed by atoms with Crippen LogP contribution in [0.5, 0.6) is 0 Å². The molecule has 19 heavy (non-hydrogen) atoms. The summed E-state index contributed by atoms with van der Waals surface area (Å²) in [6.07, 6.45) is 5.29. The first kappa shape index (κ1) is 14.6. The second-order valence-electron chi connectivity index (χ2n) is 6.46. The fourth-order valence-corrected chi connectivity index (χ4v) is 3.39. The molecule has 0 aliphatic heterocycles. The molecule has 3 unspecified atom stereocenters. The molecule has 1 aliphatic carbocycles. The Morgan fingerprint density at radius 3 is 2.74 bits per heavy atom. The van der Waals surface area contributed by atoms with E-state index in [1.165, 1.54) is 31.4 Å². The van der Waals surface area contributed by atoms with Crippen molar-refractivity contribution in [3.63, 3.8) is 0 Å². The Kier molecular flexibility index (Phi) is 5.03. The predicted octanol–water partition coefficient (Wildman–Crippen LogP) is 3.30. The van der Waals surface area contributed by atoms with Crippen molar-refractivity contribution in [1.29, 1.82) is 0 Å². The largest absolute Gasteiger partial charge is 0.314 e. The maximum atomic E-state index is 4.51. The van der Waals surface area contributed by atoms with Crippen LogP contribution in [0.1, 0.15) is 50.9 Å². The molecule has 1 fully saturated rings. The maximum Gasteiger partial charge on any atom is 0.0596 e. The summed E-state index contributed by atoms with van der Waals surface area (Å²) in [5, 5.41) is 8.26. The zero-order valence-corrected chi connectivity index (χ0v) is 12.9. The van der Waals surface area contributed by atoms with Gasteiger partial charge in [0.1, 0.15) is 0 Å². The number of aryl methyl sites for hydroxylation is 3. The Morgan fingerprint density at radius 2 is 2.11 bits per heavy atom. The molecule has 1 aromatic rings. The van der Waals surface area contributed by atoms with E-state index in [0.29, 0.717) is 0 Å². The normalized spacial score (nSPS) is 27.7. The number of nitrogens with zero attached hydrogens (tertiary/aromatic N) is 2. The molecule has 0 bridgehead atoms. The average Bonchev–Trinajstić information content (AvgIpc) is 2.65. The number of aromatic nitrogens is 2. The molecule has 1 saturated carbocycles. The third kappa shape index (κ3) is 4.07. The molecular formula is C16H29N3. The maximum absolute atomic E-state index is 4.51. The van der Waals surface area contributed by atoms with Crippen molar-refractivity contribution in [2.24, 2.45) is 11.8 Å². The standard InChI is InChI=1S/C16H29N3/c1-12-6-7-16(13(2)10-12)17-8-5-9-19-15(4)11-14(3)18-19/h11-13,16-17H,5-10H2,1-4H3. The molecule has 0 saturated heterocycles. The minimum Gasteiger partial charge on any atom is -0.314 e. The highest BCUT2D eigenvalue weighted by Crippen LogP contribution is 2.28. The lowest BCUT2D eigenvalue weighted by Gasteiger charge is -2.33. The van der Waals surface area contributed by atoms with Crippen LogP contribution in [0.3, 0.4) is 0 Å². The zero-order chi connectivity index (χ0) is 13.8. The van der Waals surface area contributed by atoms with Gasteiger partial charge in [-0.2, -0.15) is 5.10 Å². The summed E-state index contributed by atoms with van der Waals surface area (Å²) in [4.78, 5) is 0. The van der Waals surface area contributed by atoms with Gasteiger partial charge in [-0.1, -0.05) is 13.8 Å². The Labute approximate surface area is 117 Å². The Morgan fingerprint density at radius 1 is 1.32 bits per heavy atom. The Hall–Kier alpha value is -0.830. The van der Waals surface area contributed by atoms with Crippen LogP contribution < -0.4 is 5.32 Å². The van der Waals surface area contributed by atoms with E-state index in [0.717, 1.165) is 36.7 Å². The van der Waals surface area contributed by atoms with Gasteiger partial charge < -0.3 is 5.32 Å². The van der Waals surface area contributed by atoms with Crippen molar-refractivity contribution in [2.75, 3.05) is 6.54 Å². The first-order valence-corrected chi connectivity index (χ1v) is 7.80. The van der Waals surface area contributed by atoms with Crippen LogP contribution >= 0.6 is 0 Å². The van der Waals surface area contributed by atoms with Crippen LogP contribution in [0.2, 0.25) is 0 Å². The topological polar surface area (TPSA) is 29.9 Å². The molecule has 3 atom stereocenters. The molecule has 1 aromatic heterocycles. The Bertz CT molecular complexity index is 397. The van der Waals surface area contributed by atoms with E-state index in [2.05, 4.69) is 48.9 Å². The van der Waals surface area contributed by atoms with E-state index in [-0.39, 0.29) is 0 Å². The van der Waals surface area contributed by atoms with E-state index in [4.69, 9.17) is 0 Å². The number of nitrogens with one attached hydrogen (secondary N) is 1. The van der Waals surface area contributed by atoms with Crippen LogP contribution in [0.15, 0.2) is 6.07 Å². The molecule has 108 valence electrons. The lowest BCUT2D eigenvalue weighted by molar-refractivity contribution is 0.227. The van der Waals surface area contributed by atoms with E-state index in [1.54, 1.807) is 0 Å². The highest BCUT2D eigenvalue weighted by Gasteiger charge is 2.24. The van der Waals surface area contributed by atoms with Gasteiger partial charge in [-0.25, -0.2) is 0 Å². The molecule has 3 nitrogen and oxygen atoms in total. The van der Waals surface area contributed by atoms with E-state index < -0.39 is 0 Å². The summed E-state index contributed by atoms with van der Waals surface area (Å²) >= 11 is 0. The van der Waals surface area contributed by atoms with Gasteiger partial charge in [0.2, 0.25) is 0 Å². The van der Waals surface area contributed by atoms with Crippen molar-refractivity contribution in [3.05, 3.63) is 17.5 Å². The van der Waals surface area contributed by atoms with E-state index in [1.807, 2.05) is 0 Å². The average molecular weight is 263 g/mol. The lowest BCUT2D eigenvalue weighted by Crippen LogP contribution is -2.39. The highest BCUT2D eigenvalue weighted by atomic mass is 15.3. The number of hydrogen-bond acceptors (Lipinski definition) is 2. The predicted molar refractivity (Wildman–Crippen MR) is 80.3 cm³/mol. The van der Waals surface area contributed by atoms with Crippen molar-refractivity contribution in [1.82, 2.24) is 15.1 Å². The SMILES string of the molecule is Cc1cc(C)n(CCCNC2CCC(C)CC2C)n1. The van der Waals surface area contributed by atoms with Crippen LogP contribution in [0, 0.1) is 25.7 Å². The van der Waals surface area contributed by atoms with Gasteiger partial charge in [0.25, 0.3) is 0 Å². The molecule has 0 aromatic carbocycles. The molecule has 0 spiro atoms. The molecule has 0 radical (unpaired) electrons. The second kappa shape index (κ2) is 6.56. The van der Waals surface area contributed by atoms with Crippen LogP contribution in [0.25, 0.3) is 0 Å². The second-order valence-corrected chi connectivity index (χ2v) is 6.46. The number of hydrogen-bond donors (Lipinski definition) is 1. The zero-order valence-electron chi connectivity index (χ0n) is 12.9. The van der Waals surface area contributed by atoms with Gasteiger partial charge in [0.15, 0.2) is 0 Å². The third-order valence-electron chi connectivity index (χ3n) is 4.49.